The Hall–Kier alpha value is -0.400. The van der Waals surface area contributed by atoms with Crippen LogP contribution in [0.1, 0.15) is 38.1 Å². The molecular weight excluding hydrogens is 433 g/mol. The smallest absolute Gasteiger partial charge is 0.220 e. The van der Waals surface area contributed by atoms with E-state index in [1.165, 1.54) is 0 Å². The van der Waals surface area contributed by atoms with Crippen LogP contribution in [0.15, 0.2) is 22.7 Å². The van der Waals surface area contributed by atoms with Crippen LogP contribution in [0.5, 0.6) is 0 Å². The van der Waals surface area contributed by atoms with E-state index >= 15 is 0 Å². The number of thiazole rings is 1. The van der Waals surface area contributed by atoms with Gasteiger partial charge in [0.1, 0.15) is 0 Å². The van der Waals surface area contributed by atoms with Crippen molar-refractivity contribution in [1.29, 1.82) is 0 Å². The molecule has 1 aromatic carbocycles. The van der Waals surface area contributed by atoms with Crippen molar-refractivity contribution >= 4 is 68.2 Å². The van der Waals surface area contributed by atoms with E-state index in [4.69, 9.17) is 5.73 Å². The maximum atomic E-state index is 12.2. The molecule has 0 atom stereocenters. The monoisotopic (exact) mass is 455 g/mol. The maximum absolute atomic E-state index is 12.2. The lowest BCUT2D eigenvalue weighted by Gasteiger charge is -2.31. The van der Waals surface area contributed by atoms with Crippen LogP contribution in [0, 0.1) is 0 Å². The fourth-order valence-corrected chi connectivity index (χ4v) is 3.70. The molecule has 0 unspecified atom stereocenters. The van der Waals surface area contributed by atoms with Gasteiger partial charge in [-0.3, -0.25) is 4.79 Å². The van der Waals surface area contributed by atoms with Crippen molar-refractivity contribution in [3.63, 3.8) is 0 Å². The number of carbonyl (C=O) groups excluding carboxylic acids is 1. The van der Waals surface area contributed by atoms with Gasteiger partial charge in [0.25, 0.3) is 0 Å². The number of nitrogens with one attached hydrogen (secondary N) is 1. The van der Waals surface area contributed by atoms with Gasteiger partial charge in [0, 0.05) is 23.9 Å². The highest BCUT2D eigenvalue weighted by Gasteiger charge is 2.26. The molecule has 1 heterocycles. The Kier molecular flexibility index (Phi) is 10.4. The highest BCUT2D eigenvalue weighted by atomic mass is 79.9. The van der Waals surface area contributed by atoms with Crippen molar-refractivity contribution in [2.75, 3.05) is 6.54 Å². The van der Waals surface area contributed by atoms with Gasteiger partial charge in [-0.15, -0.1) is 36.2 Å². The number of halogens is 3. The third kappa shape index (κ3) is 5.85. The van der Waals surface area contributed by atoms with Gasteiger partial charge in [0.2, 0.25) is 5.91 Å². The van der Waals surface area contributed by atoms with Gasteiger partial charge in [-0.1, -0.05) is 29.8 Å². The Bertz CT molecular complexity index is 654. The lowest BCUT2D eigenvalue weighted by Crippen LogP contribution is -2.52. The molecular formula is C16H24BrCl2N3OS. The molecule has 0 radical (unpaired) electrons. The minimum Gasteiger partial charge on any atom is -0.349 e. The molecule has 1 amide bonds. The van der Waals surface area contributed by atoms with Gasteiger partial charge in [-0.05, 0) is 31.0 Å². The van der Waals surface area contributed by atoms with Crippen LogP contribution < -0.4 is 11.1 Å². The number of amides is 1. The molecule has 0 aliphatic heterocycles. The average Bonchev–Trinajstić information content (AvgIpc) is 2.93. The molecule has 0 saturated carbocycles. The summed E-state index contributed by atoms with van der Waals surface area (Å²) < 4.78 is 2.17. The number of rotatable bonds is 7. The van der Waals surface area contributed by atoms with Gasteiger partial charge in [0.15, 0.2) is 0 Å². The largest absolute Gasteiger partial charge is 0.349 e. The van der Waals surface area contributed by atoms with Crippen molar-refractivity contribution in [3.05, 3.63) is 27.7 Å². The molecule has 2 aromatic rings. The zero-order chi connectivity index (χ0) is 16.2. The number of nitrogens with zero attached hydrogens (tertiary/aromatic N) is 1. The fraction of sp³-hybridized carbons (Fsp3) is 0.500. The molecule has 0 spiro atoms. The molecule has 2 rings (SSSR count). The SMILES string of the molecule is CCC(CC)(CN)NC(=O)CCc1nc2cc(Br)ccc2s1.Cl.Cl. The minimum atomic E-state index is -0.268. The second-order valence-corrected chi connectivity index (χ2v) is 7.49. The molecule has 8 heteroatoms. The molecule has 3 N–H and O–H groups in total. The summed E-state index contributed by atoms with van der Waals surface area (Å²) >= 11 is 5.10. The van der Waals surface area contributed by atoms with E-state index in [2.05, 4.69) is 40.1 Å². The summed E-state index contributed by atoms with van der Waals surface area (Å²) in [6.07, 6.45) is 2.81. The minimum absolute atomic E-state index is 0. The van der Waals surface area contributed by atoms with Crippen LogP contribution >= 0.6 is 52.1 Å². The number of fused-ring (bicyclic) bond motifs is 1. The van der Waals surface area contributed by atoms with Crippen molar-refractivity contribution in [3.8, 4) is 0 Å². The normalized spacial score (nSPS) is 10.8. The maximum Gasteiger partial charge on any atom is 0.220 e. The van der Waals surface area contributed by atoms with Gasteiger partial charge >= 0.3 is 0 Å². The first kappa shape index (κ1) is 23.6. The van der Waals surface area contributed by atoms with Gasteiger partial charge < -0.3 is 11.1 Å². The predicted octanol–water partition coefficient (Wildman–Crippen LogP) is 4.47. The van der Waals surface area contributed by atoms with E-state index < -0.39 is 0 Å². The quantitative estimate of drug-likeness (QED) is 0.645. The van der Waals surface area contributed by atoms with Gasteiger partial charge in [-0.25, -0.2) is 4.98 Å². The van der Waals surface area contributed by atoms with E-state index in [1.807, 2.05) is 18.2 Å². The standard InChI is InChI=1S/C16H22BrN3OS.2ClH/c1-3-16(4-2,10-18)20-14(21)7-8-15-19-12-9-11(17)5-6-13(12)22-15;;/h5-6,9H,3-4,7-8,10,18H2,1-2H3,(H,20,21);2*1H. The summed E-state index contributed by atoms with van der Waals surface area (Å²) in [5.41, 5.74) is 6.53. The van der Waals surface area contributed by atoms with E-state index in [9.17, 15) is 4.79 Å². The van der Waals surface area contributed by atoms with Crippen LogP contribution in [0.3, 0.4) is 0 Å². The Morgan fingerprint density at radius 1 is 1.33 bits per heavy atom. The highest BCUT2D eigenvalue weighted by molar-refractivity contribution is 9.10. The van der Waals surface area contributed by atoms with Crippen LogP contribution in [0.2, 0.25) is 0 Å². The first-order chi connectivity index (χ1) is 10.5. The van der Waals surface area contributed by atoms with Crippen molar-refractivity contribution in [1.82, 2.24) is 10.3 Å². The number of hydrogen-bond acceptors (Lipinski definition) is 4. The first-order valence-electron chi connectivity index (χ1n) is 7.58. The van der Waals surface area contributed by atoms with E-state index in [1.54, 1.807) is 11.3 Å². The summed E-state index contributed by atoms with van der Waals surface area (Å²) in [5, 5.41) is 4.09. The zero-order valence-electron chi connectivity index (χ0n) is 13.8. The molecule has 136 valence electrons. The van der Waals surface area contributed by atoms with Gasteiger partial charge in [0.05, 0.1) is 20.8 Å². The number of hydrogen-bond donors (Lipinski definition) is 2. The third-order valence-corrected chi connectivity index (χ3v) is 5.70. The Balaban J connectivity index is 0.00000264. The molecule has 24 heavy (non-hydrogen) atoms. The fourth-order valence-electron chi connectivity index (χ4n) is 2.40. The molecule has 0 saturated heterocycles. The highest BCUT2D eigenvalue weighted by Crippen LogP contribution is 2.26. The molecule has 0 bridgehead atoms. The summed E-state index contributed by atoms with van der Waals surface area (Å²) in [6.45, 7) is 4.59. The average molecular weight is 457 g/mol. The second kappa shape index (κ2) is 10.6. The molecule has 0 aliphatic carbocycles. The van der Waals surface area contributed by atoms with Crippen molar-refractivity contribution in [2.45, 2.75) is 45.1 Å². The molecule has 0 fully saturated rings. The Morgan fingerprint density at radius 2 is 2.00 bits per heavy atom. The van der Waals surface area contributed by atoms with Crippen molar-refractivity contribution < 1.29 is 4.79 Å². The predicted molar refractivity (Wildman–Crippen MR) is 111 cm³/mol. The van der Waals surface area contributed by atoms with Gasteiger partial charge in [-0.2, -0.15) is 0 Å². The first-order valence-corrected chi connectivity index (χ1v) is 9.19. The Labute approximate surface area is 167 Å². The van der Waals surface area contributed by atoms with Crippen LogP contribution in [-0.2, 0) is 11.2 Å². The number of benzene rings is 1. The zero-order valence-corrected chi connectivity index (χ0v) is 17.8. The Morgan fingerprint density at radius 3 is 2.58 bits per heavy atom. The van der Waals surface area contributed by atoms with Crippen LogP contribution in [0.4, 0.5) is 0 Å². The van der Waals surface area contributed by atoms with E-state index in [0.29, 0.717) is 19.4 Å². The lowest BCUT2D eigenvalue weighted by atomic mass is 9.92. The summed E-state index contributed by atoms with van der Waals surface area (Å²) in [7, 11) is 0. The molecule has 0 aliphatic rings. The van der Waals surface area contributed by atoms with E-state index in [-0.39, 0.29) is 36.3 Å². The third-order valence-electron chi connectivity index (χ3n) is 4.11. The summed E-state index contributed by atoms with van der Waals surface area (Å²) in [4.78, 5) is 16.8. The topological polar surface area (TPSA) is 68.0 Å². The summed E-state index contributed by atoms with van der Waals surface area (Å²) in [6, 6.07) is 6.06. The molecule has 1 aromatic heterocycles. The van der Waals surface area contributed by atoms with Crippen LogP contribution in [-0.4, -0.2) is 23.0 Å². The summed E-state index contributed by atoms with van der Waals surface area (Å²) in [5.74, 6) is 0.0505. The molecule has 4 nitrogen and oxygen atoms in total. The number of aromatic nitrogens is 1. The number of carbonyl (C=O) groups is 1. The number of aryl methyl sites for hydroxylation is 1. The van der Waals surface area contributed by atoms with E-state index in [0.717, 1.165) is 32.5 Å². The lowest BCUT2D eigenvalue weighted by molar-refractivity contribution is -0.123. The second-order valence-electron chi connectivity index (χ2n) is 5.46. The number of nitrogens with two attached hydrogens (primary N) is 1. The van der Waals surface area contributed by atoms with Crippen LogP contribution in [0.25, 0.3) is 10.2 Å². The van der Waals surface area contributed by atoms with Crippen molar-refractivity contribution in [2.24, 2.45) is 5.73 Å².